The van der Waals surface area contributed by atoms with Gasteiger partial charge < -0.3 is 4.90 Å². The van der Waals surface area contributed by atoms with Crippen LogP contribution in [0, 0.1) is 5.92 Å². The number of rotatable bonds is 3. The predicted octanol–water partition coefficient (Wildman–Crippen LogP) is 3.79. The van der Waals surface area contributed by atoms with Gasteiger partial charge in [0.1, 0.15) is 0 Å². The second-order valence-electron chi connectivity index (χ2n) is 7.76. The number of benzene rings is 2. The van der Waals surface area contributed by atoms with Crippen molar-refractivity contribution in [1.82, 2.24) is 15.2 Å². The van der Waals surface area contributed by atoms with Crippen LogP contribution in [0.3, 0.4) is 0 Å². The average Bonchev–Trinajstić information content (AvgIpc) is 3.17. The number of halogens is 1. The van der Waals surface area contributed by atoms with Gasteiger partial charge in [-0.2, -0.15) is 5.10 Å². The molecule has 1 N–H and O–H groups in total. The van der Waals surface area contributed by atoms with Crippen LogP contribution in [0.25, 0.3) is 0 Å². The summed E-state index contributed by atoms with van der Waals surface area (Å²) >= 11 is 6.08. The molecule has 1 saturated heterocycles. The molecule has 2 aromatic rings. The van der Waals surface area contributed by atoms with Crippen LogP contribution < -0.4 is 5.43 Å². The van der Waals surface area contributed by atoms with E-state index in [0.29, 0.717) is 11.6 Å². The summed E-state index contributed by atoms with van der Waals surface area (Å²) in [6, 6.07) is 18.2. The normalized spacial score (nSPS) is 26.4. The van der Waals surface area contributed by atoms with Gasteiger partial charge in [-0.3, -0.25) is 15.1 Å². The van der Waals surface area contributed by atoms with E-state index < -0.39 is 0 Å². The number of hydrogen-bond acceptors (Lipinski definition) is 4. The van der Waals surface area contributed by atoms with E-state index in [0.717, 1.165) is 42.6 Å². The molecule has 1 aliphatic carbocycles. The second kappa shape index (κ2) is 7.13. The number of amides is 1. The minimum atomic E-state index is -0.238. The van der Waals surface area contributed by atoms with Gasteiger partial charge in [0, 0.05) is 23.2 Å². The number of fused-ring (bicyclic) bond motifs is 3. The highest BCUT2D eigenvalue weighted by Gasteiger charge is 2.50. The minimum absolute atomic E-state index is 0.0334. The van der Waals surface area contributed by atoms with Crippen LogP contribution in [0.15, 0.2) is 59.7 Å². The Balaban J connectivity index is 1.50. The summed E-state index contributed by atoms with van der Waals surface area (Å²) < 4.78 is 0. The Morgan fingerprint density at radius 1 is 1.04 bits per heavy atom. The first-order chi connectivity index (χ1) is 13.7. The number of hydrogen-bond donors (Lipinski definition) is 1. The molecule has 1 amide bonds. The van der Waals surface area contributed by atoms with E-state index in [1.54, 1.807) is 0 Å². The highest BCUT2D eigenvalue weighted by atomic mass is 35.5. The molecule has 0 aromatic heterocycles. The van der Waals surface area contributed by atoms with Gasteiger partial charge in [-0.05, 0) is 42.7 Å². The van der Waals surface area contributed by atoms with Crippen molar-refractivity contribution in [3.05, 3.63) is 70.7 Å². The second-order valence-corrected chi connectivity index (χ2v) is 8.20. The molecule has 2 heterocycles. The third-order valence-electron chi connectivity index (χ3n) is 6.07. The molecule has 2 fully saturated rings. The number of carbonyl (C=O) groups excluding carboxylic acids is 1. The van der Waals surface area contributed by atoms with Gasteiger partial charge >= 0.3 is 0 Å². The highest BCUT2D eigenvalue weighted by Crippen LogP contribution is 2.38. The lowest BCUT2D eigenvalue weighted by Crippen LogP contribution is -2.67. The zero-order valence-electron chi connectivity index (χ0n) is 15.6. The lowest BCUT2D eigenvalue weighted by atomic mass is 9.80. The molecule has 3 aliphatic rings. The quantitative estimate of drug-likeness (QED) is 0.861. The van der Waals surface area contributed by atoms with Crippen LogP contribution in [0.2, 0.25) is 5.02 Å². The monoisotopic (exact) mass is 394 g/mol. The summed E-state index contributed by atoms with van der Waals surface area (Å²) in [5, 5.41) is 5.36. The van der Waals surface area contributed by atoms with Crippen LogP contribution in [-0.2, 0) is 11.3 Å². The molecule has 5 rings (SSSR count). The van der Waals surface area contributed by atoms with E-state index >= 15 is 0 Å². The molecular weight excluding hydrogens is 372 g/mol. The van der Waals surface area contributed by atoms with Gasteiger partial charge in [-0.25, -0.2) is 0 Å². The predicted molar refractivity (Wildman–Crippen MR) is 109 cm³/mol. The third kappa shape index (κ3) is 2.94. The van der Waals surface area contributed by atoms with E-state index in [1.807, 2.05) is 47.4 Å². The van der Waals surface area contributed by atoms with Gasteiger partial charge in [-0.1, -0.05) is 54.8 Å². The molecule has 0 spiro atoms. The number of hydrazone groups is 1. The Hall–Kier alpha value is -2.53. The molecule has 144 valence electrons. The summed E-state index contributed by atoms with van der Waals surface area (Å²) in [5.41, 5.74) is 5.40. The minimum Gasteiger partial charge on any atom is -0.312 e. The van der Waals surface area contributed by atoms with E-state index in [1.165, 1.54) is 0 Å². The van der Waals surface area contributed by atoms with Crippen LogP contribution in [0.1, 0.15) is 36.8 Å². The van der Waals surface area contributed by atoms with Crippen molar-refractivity contribution >= 4 is 23.3 Å². The summed E-state index contributed by atoms with van der Waals surface area (Å²) in [4.78, 5) is 17.7. The van der Waals surface area contributed by atoms with E-state index in [9.17, 15) is 4.79 Å². The first-order valence-corrected chi connectivity index (χ1v) is 10.3. The SMILES string of the molecule is O=C1C2CCCCC2N2C(c3ccc(Cl)cc3)=NNC2N1Cc1ccccc1. The Bertz CT molecular complexity index is 899. The highest BCUT2D eigenvalue weighted by molar-refractivity contribution is 6.30. The molecule has 3 unspecified atom stereocenters. The van der Waals surface area contributed by atoms with Crippen LogP contribution >= 0.6 is 11.6 Å². The zero-order chi connectivity index (χ0) is 19.1. The van der Waals surface area contributed by atoms with Gasteiger partial charge in [0.25, 0.3) is 0 Å². The van der Waals surface area contributed by atoms with Crippen LogP contribution in [0.4, 0.5) is 0 Å². The van der Waals surface area contributed by atoms with Gasteiger partial charge in [0.2, 0.25) is 5.91 Å². The number of amidine groups is 1. The molecular formula is C22H23ClN4O. The first kappa shape index (κ1) is 17.6. The zero-order valence-corrected chi connectivity index (χ0v) is 16.3. The van der Waals surface area contributed by atoms with Crippen molar-refractivity contribution in [2.45, 2.75) is 44.6 Å². The van der Waals surface area contributed by atoms with Gasteiger partial charge in [0.15, 0.2) is 12.1 Å². The van der Waals surface area contributed by atoms with Crippen molar-refractivity contribution in [2.24, 2.45) is 11.0 Å². The van der Waals surface area contributed by atoms with Crippen molar-refractivity contribution in [3.8, 4) is 0 Å². The molecule has 2 aliphatic heterocycles. The summed E-state index contributed by atoms with van der Waals surface area (Å²) in [7, 11) is 0. The summed E-state index contributed by atoms with van der Waals surface area (Å²) in [6.45, 7) is 0.584. The van der Waals surface area contributed by atoms with Crippen LogP contribution in [-0.4, -0.2) is 33.9 Å². The van der Waals surface area contributed by atoms with E-state index in [4.69, 9.17) is 11.6 Å². The fourth-order valence-electron chi connectivity index (χ4n) is 4.74. The van der Waals surface area contributed by atoms with Crippen molar-refractivity contribution < 1.29 is 4.79 Å². The third-order valence-corrected chi connectivity index (χ3v) is 6.33. The number of nitrogens with one attached hydrogen (secondary N) is 1. The lowest BCUT2D eigenvalue weighted by molar-refractivity contribution is -0.156. The maximum absolute atomic E-state index is 13.4. The fourth-order valence-corrected chi connectivity index (χ4v) is 4.86. The van der Waals surface area contributed by atoms with E-state index in [2.05, 4.69) is 27.6 Å². The molecule has 1 saturated carbocycles. The topological polar surface area (TPSA) is 47.9 Å². The Labute approximate surface area is 170 Å². The molecule has 2 aromatic carbocycles. The standard InChI is InChI=1S/C22H23ClN4O/c23-17-12-10-16(11-13-17)20-24-25-22-26(14-15-6-2-1-3-7-15)21(28)18-8-4-5-9-19(18)27(20)22/h1-3,6-7,10-13,18-19,22,25H,4-5,8-9,14H2. The fraction of sp³-hybridized carbons (Fsp3) is 0.364. The molecule has 0 bridgehead atoms. The van der Waals surface area contributed by atoms with Crippen LogP contribution in [0.5, 0.6) is 0 Å². The smallest absolute Gasteiger partial charge is 0.231 e. The summed E-state index contributed by atoms with van der Waals surface area (Å²) in [5.74, 6) is 1.19. The Morgan fingerprint density at radius 3 is 2.57 bits per heavy atom. The average molecular weight is 395 g/mol. The van der Waals surface area contributed by atoms with Gasteiger partial charge in [-0.15, -0.1) is 0 Å². The molecule has 0 radical (unpaired) electrons. The Kier molecular flexibility index (Phi) is 4.47. The number of carbonyl (C=O) groups is 1. The number of nitrogens with zero attached hydrogens (tertiary/aromatic N) is 3. The lowest BCUT2D eigenvalue weighted by Gasteiger charge is -2.50. The maximum Gasteiger partial charge on any atom is 0.231 e. The molecule has 5 nitrogen and oxygen atoms in total. The molecule has 6 heteroatoms. The first-order valence-electron chi connectivity index (χ1n) is 9.94. The van der Waals surface area contributed by atoms with Gasteiger partial charge in [0.05, 0.1) is 5.92 Å². The molecule has 28 heavy (non-hydrogen) atoms. The largest absolute Gasteiger partial charge is 0.312 e. The summed E-state index contributed by atoms with van der Waals surface area (Å²) in [6.07, 6.45) is 4.01. The van der Waals surface area contributed by atoms with Crippen molar-refractivity contribution in [1.29, 1.82) is 0 Å². The Morgan fingerprint density at radius 2 is 1.79 bits per heavy atom. The van der Waals surface area contributed by atoms with E-state index in [-0.39, 0.29) is 24.2 Å². The van der Waals surface area contributed by atoms with Crippen molar-refractivity contribution in [3.63, 3.8) is 0 Å². The molecule has 3 atom stereocenters. The maximum atomic E-state index is 13.4. The van der Waals surface area contributed by atoms with Crippen molar-refractivity contribution in [2.75, 3.05) is 0 Å².